The molecule has 0 spiro atoms. The molecule has 0 radical (unpaired) electrons. The van der Waals surface area contributed by atoms with Crippen molar-refractivity contribution in [3.8, 4) is 6.07 Å². The Morgan fingerprint density at radius 2 is 1.85 bits per heavy atom. The van der Waals surface area contributed by atoms with Crippen LogP contribution in [0.25, 0.3) is 0 Å². The van der Waals surface area contributed by atoms with Crippen molar-refractivity contribution in [3.63, 3.8) is 0 Å². The fraction of sp³-hybridized carbons (Fsp3) is 0.222. The smallest absolute Gasteiger partial charge is 0.126 e. The number of nitriles is 1. The first-order valence-electron chi connectivity index (χ1n) is 3.52. The molecule has 2 nitrogen and oxygen atoms in total. The fourth-order valence-electron chi connectivity index (χ4n) is 0.861. The Morgan fingerprint density at radius 1 is 1.38 bits per heavy atom. The lowest BCUT2D eigenvalue weighted by atomic mass is 9.95. The molecule has 0 aliphatic heterocycles. The number of hydrogen-bond donors (Lipinski definition) is 1. The Kier molecular flexibility index (Phi) is 4.22. The molecule has 0 saturated heterocycles. The summed E-state index contributed by atoms with van der Waals surface area (Å²) in [5.74, 6) is 0. The molecule has 1 rings (SSSR count). The number of nitrogens with zero attached hydrogens (tertiary/aromatic N) is 1. The van der Waals surface area contributed by atoms with E-state index in [1.54, 1.807) is 31.2 Å². The van der Waals surface area contributed by atoms with E-state index in [0.717, 1.165) is 5.56 Å². The Morgan fingerprint density at radius 3 is 2.23 bits per heavy atom. The summed E-state index contributed by atoms with van der Waals surface area (Å²) < 4.78 is 0. The number of benzene rings is 1. The Balaban J connectivity index is 0.00000144. The molecule has 0 heterocycles. The average Bonchev–Trinajstić information content (AvgIpc) is 2.05. The van der Waals surface area contributed by atoms with Gasteiger partial charge >= 0.3 is 0 Å². The van der Waals surface area contributed by atoms with E-state index >= 15 is 0 Å². The minimum Gasteiger partial charge on any atom is -0.310 e. The van der Waals surface area contributed by atoms with E-state index < -0.39 is 5.54 Å². The zero-order chi connectivity index (χ0) is 9.19. The molecule has 0 aliphatic rings. The lowest BCUT2D eigenvalue weighted by Crippen LogP contribution is -2.30. The quantitative estimate of drug-likeness (QED) is 0.785. The normalized spacial score (nSPS) is 13.7. The van der Waals surface area contributed by atoms with Crippen LogP contribution in [0.2, 0.25) is 5.02 Å². The predicted molar refractivity (Wildman–Crippen MR) is 55.9 cm³/mol. The van der Waals surface area contributed by atoms with Crippen molar-refractivity contribution in [1.82, 2.24) is 0 Å². The molecule has 4 heteroatoms. The second-order valence-corrected chi connectivity index (χ2v) is 3.26. The van der Waals surface area contributed by atoms with Gasteiger partial charge in [0.05, 0.1) is 6.07 Å². The standard InChI is InChI=1S/C9H9ClN2.ClH/c1-9(12,6-11)7-2-4-8(10)5-3-7;/h2-5H,12H2,1H3;1H. The van der Waals surface area contributed by atoms with Crippen molar-refractivity contribution in [2.45, 2.75) is 12.5 Å². The molecule has 1 unspecified atom stereocenters. The van der Waals surface area contributed by atoms with E-state index in [4.69, 9.17) is 22.6 Å². The van der Waals surface area contributed by atoms with Gasteiger partial charge in [-0.05, 0) is 24.6 Å². The topological polar surface area (TPSA) is 49.8 Å². The molecule has 1 aromatic carbocycles. The van der Waals surface area contributed by atoms with Gasteiger partial charge in [-0.2, -0.15) is 5.26 Å². The molecular formula is C9H10Cl2N2. The van der Waals surface area contributed by atoms with Crippen LogP contribution < -0.4 is 5.73 Å². The summed E-state index contributed by atoms with van der Waals surface area (Å²) >= 11 is 5.68. The monoisotopic (exact) mass is 216 g/mol. The highest BCUT2D eigenvalue weighted by Crippen LogP contribution is 2.18. The second-order valence-electron chi connectivity index (χ2n) is 2.82. The van der Waals surface area contributed by atoms with Gasteiger partial charge in [0, 0.05) is 5.02 Å². The third-order valence-corrected chi connectivity index (χ3v) is 1.93. The maximum absolute atomic E-state index is 8.71. The molecule has 13 heavy (non-hydrogen) atoms. The zero-order valence-electron chi connectivity index (χ0n) is 7.12. The lowest BCUT2D eigenvalue weighted by Gasteiger charge is -2.15. The van der Waals surface area contributed by atoms with Gasteiger partial charge in [-0.15, -0.1) is 12.4 Å². The highest BCUT2D eigenvalue weighted by molar-refractivity contribution is 6.30. The highest BCUT2D eigenvalue weighted by Gasteiger charge is 2.19. The van der Waals surface area contributed by atoms with Crippen LogP contribution in [-0.4, -0.2) is 0 Å². The van der Waals surface area contributed by atoms with Crippen molar-refractivity contribution < 1.29 is 0 Å². The van der Waals surface area contributed by atoms with Crippen LogP contribution in [0.1, 0.15) is 12.5 Å². The van der Waals surface area contributed by atoms with E-state index in [9.17, 15) is 0 Å². The molecule has 1 aromatic rings. The largest absolute Gasteiger partial charge is 0.310 e. The van der Waals surface area contributed by atoms with E-state index in [0.29, 0.717) is 5.02 Å². The van der Waals surface area contributed by atoms with Crippen LogP contribution in [0.5, 0.6) is 0 Å². The summed E-state index contributed by atoms with van der Waals surface area (Å²) in [6.07, 6.45) is 0. The van der Waals surface area contributed by atoms with E-state index in [-0.39, 0.29) is 12.4 Å². The van der Waals surface area contributed by atoms with Gasteiger partial charge in [-0.25, -0.2) is 0 Å². The van der Waals surface area contributed by atoms with Crippen LogP contribution in [-0.2, 0) is 5.54 Å². The van der Waals surface area contributed by atoms with Crippen LogP contribution in [0.3, 0.4) is 0 Å². The molecule has 70 valence electrons. The minimum absolute atomic E-state index is 0. The molecule has 0 amide bonds. The highest BCUT2D eigenvalue weighted by atomic mass is 35.5. The molecule has 0 fully saturated rings. The van der Waals surface area contributed by atoms with Crippen molar-refractivity contribution in [2.75, 3.05) is 0 Å². The van der Waals surface area contributed by atoms with Crippen molar-refractivity contribution in [2.24, 2.45) is 5.73 Å². The fourth-order valence-corrected chi connectivity index (χ4v) is 0.987. The Labute approximate surface area is 88.7 Å². The van der Waals surface area contributed by atoms with Gasteiger partial charge in [0.15, 0.2) is 0 Å². The summed E-state index contributed by atoms with van der Waals surface area (Å²) in [5, 5.41) is 9.35. The second kappa shape index (κ2) is 4.48. The zero-order valence-corrected chi connectivity index (χ0v) is 8.69. The summed E-state index contributed by atoms with van der Waals surface area (Å²) in [5.41, 5.74) is 5.53. The van der Waals surface area contributed by atoms with Gasteiger partial charge in [-0.1, -0.05) is 23.7 Å². The van der Waals surface area contributed by atoms with Gasteiger partial charge in [-0.3, -0.25) is 0 Å². The van der Waals surface area contributed by atoms with Crippen LogP contribution in [0.15, 0.2) is 24.3 Å². The summed E-state index contributed by atoms with van der Waals surface area (Å²) in [4.78, 5) is 0. The maximum atomic E-state index is 8.71. The van der Waals surface area contributed by atoms with Crippen molar-refractivity contribution >= 4 is 24.0 Å². The van der Waals surface area contributed by atoms with E-state index in [1.807, 2.05) is 6.07 Å². The van der Waals surface area contributed by atoms with Crippen LogP contribution in [0.4, 0.5) is 0 Å². The summed E-state index contributed by atoms with van der Waals surface area (Å²) in [6.45, 7) is 1.66. The molecular weight excluding hydrogens is 207 g/mol. The van der Waals surface area contributed by atoms with Gasteiger partial charge in [0.1, 0.15) is 5.54 Å². The first-order valence-corrected chi connectivity index (χ1v) is 3.90. The first-order chi connectivity index (χ1) is 5.56. The van der Waals surface area contributed by atoms with E-state index in [2.05, 4.69) is 0 Å². The summed E-state index contributed by atoms with van der Waals surface area (Å²) in [7, 11) is 0. The third kappa shape index (κ3) is 2.89. The van der Waals surface area contributed by atoms with Crippen LogP contribution in [0, 0.1) is 11.3 Å². The molecule has 2 N–H and O–H groups in total. The molecule has 1 atom stereocenters. The minimum atomic E-state index is -0.926. The molecule has 0 aliphatic carbocycles. The SMILES string of the molecule is CC(N)(C#N)c1ccc(Cl)cc1.Cl. The Hall–Kier alpha value is -0.750. The predicted octanol–water partition coefficient (Wildman–Crippen LogP) is 2.46. The van der Waals surface area contributed by atoms with Gasteiger partial charge in [0.25, 0.3) is 0 Å². The van der Waals surface area contributed by atoms with Gasteiger partial charge < -0.3 is 5.73 Å². The van der Waals surface area contributed by atoms with Crippen molar-refractivity contribution in [1.29, 1.82) is 5.26 Å². The third-order valence-electron chi connectivity index (χ3n) is 1.68. The number of hydrogen-bond acceptors (Lipinski definition) is 2. The number of rotatable bonds is 1. The molecule has 0 saturated carbocycles. The average molecular weight is 217 g/mol. The van der Waals surface area contributed by atoms with Crippen LogP contribution >= 0.6 is 24.0 Å². The first kappa shape index (κ1) is 12.2. The lowest BCUT2D eigenvalue weighted by molar-refractivity contribution is 0.646. The number of halogens is 2. The van der Waals surface area contributed by atoms with Gasteiger partial charge in [0.2, 0.25) is 0 Å². The Bertz CT molecular complexity index is 311. The van der Waals surface area contributed by atoms with Crippen molar-refractivity contribution in [3.05, 3.63) is 34.9 Å². The van der Waals surface area contributed by atoms with E-state index in [1.165, 1.54) is 0 Å². The maximum Gasteiger partial charge on any atom is 0.126 e. The number of nitrogens with two attached hydrogens (primary N) is 1. The molecule has 0 bridgehead atoms. The summed E-state index contributed by atoms with van der Waals surface area (Å²) in [6, 6.07) is 8.97. The molecule has 0 aromatic heterocycles.